The first-order valence-corrected chi connectivity index (χ1v) is 9.11. The molecule has 1 aliphatic rings. The Labute approximate surface area is 146 Å². The minimum absolute atomic E-state index is 0.209. The van der Waals surface area contributed by atoms with E-state index in [0.717, 1.165) is 24.5 Å². The number of anilines is 2. The first kappa shape index (κ1) is 16.7. The van der Waals surface area contributed by atoms with E-state index in [0.29, 0.717) is 23.5 Å². The van der Waals surface area contributed by atoms with Gasteiger partial charge in [-0.25, -0.2) is 4.79 Å². The lowest BCUT2D eigenvalue weighted by molar-refractivity contribution is 0.250. The maximum absolute atomic E-state index is 12.0. The van der Waals surface area contributed by atoms with Crippen LogP contribution in [0, 0.1) is 5.92 Å². The van der Waals surface area contributed by atoms with Crippen LogP contribution in [0.3, 0.4) is 0 Å². The lowest BCUT2D eigenvalue weighted by Crippen LogP contribution is -2.34. The molecule has 2 aromatic rings. The van der Waals surface area contributed by atoms with Crippen LogP contribution in [0.4, 0.5) is 15.6 Å². The second-order valence-electron chi connectivity index (χ2n) is 6.37. The molecule has 1 aliphatic heterocycles. The van der Waals surface area contributed by atoms with Crippen LogP contribution in [0.1, 0.15) is 31.2 Å². The molecule has 1 aromatic heterocycles. The largest absolute Gasteiger partial charge is 0.371 e. The van der Waals surface area contributed by atoms with Gasteiger partial charge in [-0.1, -0.05) is 43.4 Å². The molecule has 24 heavy (non-hydrogen) atoms. The van der Waals surface area contributed by atoms with Gasteiger partial charge in [-0.05, 0) is 24.5 Å². The minimum atomic E-state index is -0.209. The van der Waals surface area contributed by atoms with Gasteiger partial charge >= 0.3 is 6.03 Å². The van der Waals surface area contributed by atoms with Crippen LogP contribution >= 0.6 is 11.3 Å². The molecule has 0 spiro atoms. The third-order valence-corrected chi connectivity index (χ3v) is 5.25. The third kappa shape index (κ3) is 4.23. The van der Waals surface area contributed by atoms with Crippen molar-refractivity contribution >= 4 is 28.2 Å². The number of carbonyl (C=O) groups is 1. The quantitative estimate of drug-likeness (QED) is 0.872. The van der Waals surface area contributed by atoms with Crippen molar-refractivity contribution < 1.29 is 4.79 Å². The van der Waals surface area contributed by atoms with Gasteiger partial charge in [0.15, 0.2) is 0 Å². The average Bonchev–Trinajstić information content (AvgIpc) is 3.23. The van der Waals surface area contributed by atoms with Crippen LogP contribution in [0.5, 0.6) is 0 Å². The van der Waals surface area contributed by atoms with E-state index in [-0.39, 0.29) is 6.03 Å². The van der Waals surface area contributed by atoms with Crippen LogP contribution in [0.2, 0.25) is 0 Å². The summed E-state index contributed by atoms with van der Waals surface area (Å²) in [7, 11) is 0. The predicted molar refractivity (Wildman–Crippen MR) is 97.8 cm³/mol. The van der Waals surface area contributed by atoms with Crippen LogP contribution in [0.15, 0.2) is 30.3 Å². The summed E-state index contributed by atoms with van der Waals surface area (Å²) >= 11 is 1.42. The fourth-order valence-corrected chi connectivity index (χ4v) is 3.51. The molecule has 0 saturated carbocycles. The number of amides is 2. The topological polar surface area (TPSA) is 70.1 Å². The molecular weight excluding hydrogens is 322 g/mol. The Bertz CT molecular complexity index is 673. The maximum Gasteiger partial charge on any atom is 0.321 e. The van der Waals surface area contributed by atoms with E-state index < -0.39 is 0 Å². The van der Waals surface area contributed by atoms with Gasteiger partial charge in [-0.15, -0.1) is 10.2 Å². The molecular formula is C17H23N5OS. The summed E-state index contributed by atoms with van der Waals surface area (Å²) in [4.78, 5) is 14.4. The van der Waals surface area contributed by atoms with Crippen LogP contribution < -0.4 is 15.5 Å². The summed E-state index contributed by atoms with van der Waals surface area (Å²) in [5, 5.41) is 15.3. The molecule has 2 N–H and O–H groups in total. The summed E-state index contributed by atoms with van der Waals surface area (Å²) < 4.78 is 0. The standard InChI is InChI=1S/C17H23N5OS/c1-12(2)15-20-21-17(24-15)19-16(23)18-10-13-8-9-22(11-13)14-6-4-3-5-7-14/h3-7,12-13H,8-11H2,1-2H3,(H2,18,19,21,23). The number of urea groups is 1. The highest BCUT2D eigenvalue weighted by Crippen LogP contribution is 2.24. The third-order valence-electron chi connectivity index (χ3n) is 4.11. The van der Waals surface area contributed by atoms with E-state index in [1.165, 1.54) is 17.0 Å². The number of aromatic nitrogens is 2. The molecule has 7 heteroatoms. The van der Waals surface area contributed by atoms with E-state index in [2.05, 4.69) is 63.8 Å². The molecule has 1 saturated heterocycles. The van der Waals surface area contributed by atoms with Gasteiger partial charge in [0.05, 0.1) is 0 Å². The van der Waals surface area contributed by atoms with Gasteiger partial charge in [-0.3, -0.25) is 5.32 Å². The normalized spacial score (nSPS) is 17.3. The van der Waals surface area contributed by atoms with Crippen molar-refractivity contribution in [1.82, 2.24) is 15.5 Å². The van der Waals surface area contributed by atoms with Crippen molar-refractivity contribution in [3.8, 4) is 0 Å². The number of hydrogen-bond acceptors (Lipinski definition) is 5. The van der Waals surface area contributed by atoms with Crippen LogP contribution in [-0.4, -0.2) is 35.9 Å². The molecule has 1 fully saturated rings. The van der Waals surface area contributed by atoms with Gasteiger partial charge in [0, 0.05) is 31.2 Å². The second kappa shape index (κ2) is 7.61. The molecule has 0 aliphatic carbocycles. The summed E-state index contributed by atoms with van der Waals surface area (Å²) in [5.41, 5.74) is 1.25. The van der Waals surface area contributed by atoms with Gasteiger partial charge in [0.2, 0.25) is 5.13 Å². The van der Waals surface area contributed by atoms with Gasteiger partial charge in [-0.2, -0.15) is 0 Å². The van der Waals surface area contributed by atoms with E-state index in [9.17, 15) is 4.79 Å². The molecule has 1 unspecified atom stereocenters. The highest BCUT2D eigenvalue weighted by molar-refractivity contribution is 7.15. The van der Waals surface area contributed by atoms with Crippen molar-refractivity contribution in [3.05, 3.63) is 35.3 Å². The summed E-state index contributed by atoms with van der Waals surface area (Å²) in [6, 6.07) is 10.2. The number of benzene rings is 1. The van der Waals surface area contributed by atoms with Crippen molar-refractivity contribution in [2.45, 2.75) is 26.2 Å². The van der Waals surface area contributed by atoms with Crippen molar-refractivity contribution in [2.24, 2.45) is 5.92 Å². The van der Waals surface area contributed by atoms with Gasteiger partial charge in [0.1, 0.15) is 5.01 Å². The monoisotopic (exact) mass is 345 g/mol. The molecule has 6 nitrogen and oxygen atoms in total. The Balaban J connectivity index is 1.43. The van der Waals surface area contributed by atoms with Gasteiger partial charge < -0.3 is 10.2 Å². The number of hydrogen-bond donors (Lipinski definition) is 2. The zero-order valence-electron chi connectivity index (χ0n) is 14.0. The fourth-order valence-electron chi connectivity index (χ4n) is 2.77. The Morgan fingerprint density at radius 2 is 2.12 bits per heavy atom. The van der Waals surface area contributed by atoms with E-state index >= 15 is 0 Å². The molecule has 1 atom stereocenters. The summed E-state index contributed by atoms with van der Waals surface area (Å²) in [5.74, 6) is 0.792. The number of carbonyl (C=O) groups excluding carboxylic acids is 1. The van der Waals surface area contributed by atoms with E-state index in [1.54, 1.807) is 0 Å². The average molecular weight is 345 g/mol. The first-order chi connectivity index (χ1) is 11.6. The highest BCUT2D eigenvalue weighted by Gasteiger charge is 2.23. The molecule has 1 aromatic carbocycles. The minimum Gasteiger partial charge on any atom is -0.371 e. The maximum atomic E-state index is 12.0. The molecule has 2 amide bonds. The summed E-state index contributed by atoms with van der Waals surface area (Å²) in [6.07, 6.45) is 1.09. The zero-order valence-corrected chi connectivity index (χ0v) is 14.8. The number of para-hydroxylation sites is 1. The molecule has 2 heterocycles. The van der Waals surface area contributed by atoms with E-state index in [1.807, 2.05) is 6.07 Å². The number of rotatable bonds is 5. The van der Waals surface area contributed by atoms with E-state index in [4.69, 9.17) is 0 Å². The smallest absolute Gasteiger partial charge is 0.321 e. The Kier molecular flexibility index (Phi) is 5.30. The Morgan fingerprint density at radius 1 is 1.33 bits per heavy atom. The zero-order chi connectivity index (χ0) is 16.9. The van der Waals surface area contributed by atoms with Gasteiger partial charge in [0.25, 0.3) is 0 Å². The van der Waals surface area contributed by atoms with Crippen molar-refractivity contribution in [1.29, 1.82) is 0 Å². The summed E-state index contributed by atoms with van der Waals surface area (Å²) in [6.45, 7) is 6.80. The van der Waals surface area contributed by atoms with Crippen molar-refractivity contribution in [3.63, 3.8) is 0 Å². The Hall–Kier alpha value is -2.15. The predicted octanol–water partition coefficient (Wildman–Crippen LogP) is 3.31. The molecule has 3 rings (SSSR count). The molecule has 128 valence electrons. The Morgan fingerprint density at radius 3 is 2.83 bits per heavy atom. The number of nitrogens with zero attached hydrogens (tertiary/aromatic N) is 3. The SMILES string of the molecule is CC(C)c1nnc(NC(=O)NCC2CCN(c3ccccc3)C2)s1. The lowest BCUT2D eigenvalue weighted by atomic mass is 10.1. The second-order valence-corrected chi connectivity index (χ2v) is 7.38. The fraction of sp³-hybridized carbons (Fsp3) is 0.471. The molecule has 0 radical (unpaired) electrons. The van der Waals surface area contributed by atoms with Crippen LogP contribution in [0.25, 0.3) is 0 Å². The van der Waals surface area contributed by atoms with Crippen LogP contribution in [-0.2, 0) is 0 Å². The molecule has 0 bridgehead atoms. The first-order valence-electron chi connectivity index (χ1n) is 8.30. The number of nitrogens with one attached hydrogen (secondary N) is 2. The highest BCUT2D eigenvalue weighted by atomic mass is 32.1. The lowest BCUT2D eigenvalue weighted by Gasteiger charge is -2.18. The van der Waals surface area contributed by atoms with Crippen molar-refractivity contribution in [2.75, 3.05) is 29.9 Å².